The second kappa shape index (κ2) is 8.63. The van der Waals surface area contributed by atoms with Gasteiger partial charge in [0.1, 0.15) is 10.7 Å². The Balaban J connectivity index is 2.00. The highest BCUT2D eigenvalue weighted by molar-refractivity contribution is 7.99. The van der Waals surface area contributed by atoms with E-state index in [9.17, 15) is 9.59 Å². The van der Waals surface area contributed by atoms with E-state index in [1.165, 1.54) is 28.0 Å². The molecule has 0 spiro atoms. The number of thioether (sulfide) groups is 1. The van der Waals surface area contributed by atoms with E-state index in [0.29, 0.717) is 15.7 Å². The molecular weight excluding hydrogens is 372 g/mol. The highest BCUT2D eigenvalue weighted by Gasteiger charge is 2.19. The molecule has 142 valence electrons. The van der Waals surface area contributed by atoms with Gasteiger partial charge in [0.15, 0.2) is 10.3 Å². The number of thiazole rings is 1. The number of hydrogen-bond donors (Lipinski definition) is 1. The van der Waals surface area contributed by atoms with Crippen molar-refractivity contribution in [2.45, 2.75) is 45.3 Å². The van der Waals surface area contributed by atoms with Gasteiger partial charge in [0.25, 0.3) is 5.91 Å². The van der Waals surface area contributed by atoms with Gasteiger partial charge < -0.3 is 14.8 Å². The van der Waals surface area contributed by atoms with Gasteiger partial charge in [-0.2, -0.15) is 0 Å². The highest BCUT2D eigenvalue weighted by Crippen LogP contribution is 2.25. The molecule has 1 N–H and O–H groups in total. The molecular formula is C16H24N6O2S2. The minimum absolute atomic E-state index is 0.118. The van der Waals surface area contributed by atoms with E-state index in [-0.39, 0.29) is 23.5 Å². The van der Waals surface area contributed by atoms with Crippen LogP contribution in [0.3, 0.4) is 0 Å². The molecule has 8 nitrogen and oxygen atoms in total. The summed E-state index contributed by atoms with van der Waals surface area (Å²) in [7, 11) is 3.37. The summed E-state index contributed by atoms with van der Waals surface area (Å²) in [5.41, 5.74) is 0.615. The van der Waals surface area contributed by atoms with Gasteiger partial charge >= 0.3 is 0 Å². The quantitative estimate of drug-likeness (QED) is 0.723. The van der Waals surface area contributed by atoms with E-state index in [2.05, 4.69) is 34.3 Å². The maximum atomic E-state index is 12.2. The van der Waals surface area contributed by atoms with Crippen LogP contribution in [0.1, 0.15) is 47.9 Å². The molecule has 10 heteroatoms. The second-order valence-electron chi connectivity index (χ2n) is 6.21. The Kier molecular flexibility index (Phi) is 6.76. The molecule has 0 aliphatic carbocycles. The van der Waals surface area contributed by atoms with E-state index >= 15 is 0 Å². The molecule has 2 heterocycles. The van der Waals surface area contributed by atoms with Gasteiger partial charge in [0.2, 0.25) is 5.91 Å². The third-order valence-electron chi connectivity index (χ3n) is 3.55. The van der Waals surface area contributed by atoms with E-state index in [0.717, 1.165) is 17.5 Å². The molecule has 0 fully saturated rings. The van der Waals surface area contributed by atoms with Crippen molar-refractivity contribution in [2.24, 2.45) is 0 Å². The summed E-state index contributed by atoms with van der Waals surface area (Å²) >= 11 is 2.52. The van der Waals surface area contributed by atoms with Crippen LogP contribution in [0, 0.1) is 6.92 Å². The van der Waals surface area contributed by atoms with E-state index in [4.69, 9.17) is 0 Å². The maximum absolute atomic E-state index is 12.2. The van der Waals surface area contributed by atoms with Crippen LogP contribution < -0.4 is 5.32 Å². The summed E-state index contributed by atoms with van der Waals surface area (Å²) in [6, 6.07) is 0. The van der Waals surface area contributed by atoms with Gasteiger partial charge in [-0.1, -0.05) is 36.9 Å². The van der Waals surface area contributed by atoms with Crippen molar-refractivity contribution >= 4 is 40.0 Å². The molecule has 0 bridgehead atoms. The number of hydrogen-bond acceptors (Lipinski definition) is 7. The first-order valence-electron chi connectivity index (χ1n) is 8.29. The van der Waals surface area contributed by atoms with Crippen LogP contribution in [-0.2, 0) is 11.3 Å². The predicted molar refractivity (Wildman–Crippen MR) is 104 cm³/mol. The highest BCUT2D eigenvalue weighted by atomic mass is 32.2. The van der Waals surface area contributed by atoms with Crippen molar-refractivity contribution in [1.29, 1.82) is 0 Å². The summed E-state index contributed by atoms with van der Waals surface area (Å²) in [5.74, 6) is 1.08. The lowest BCUT2D eigenvalue weighted by molar-refractivity contribution is -0.113. The third kappa shape index (κ3) is 4.61. The summed E-state index contributed by atoms with van der Waals surface area (Å²) in [6.45, 7) is 8.67. The number of aromatic nitrogens is 4. The molecule has 26 heavy (non-hydrogen) atoms. The molecule has 0 aliphatic heterocycles. The Labute approximate surface area is 161 Å². The van der Waals surface area contributed by atoms with Crippen LogP contribution in [0.15, 0.2) is 5.16 Å². The normalized spacial score (nSPS) is 11.0. The van der Waals surface area contributed by atoms with E-state index in [1.54, 1.807) is 21.0 Å². The lowest BCUT2D eigenvalue weighted by Gasteiger charge is -2.09. The minimum Gasteiger partial charge on any atom is -0.344 e. The lowest BCUT2D eigenvalue weighted by Crippen LogP contribution is -2.21. The number of rotatable bonds is 7. The molecule has 2 aromatic heterocycles. The topological polar surface area (TPSA) is 93.0 Å². The fraction of sp³-hybridized carbons (Fsp3) is 0.562. The number of aryl methyl sites for hydroxylation is 1. The van der Waals surface area contributed by atoms with Crippen LogP contribution in [0.25, 0.3) is 0 Å². The Bertz CT molecular complexity index is 797. The number of carbonyl (C=O) groups excluding carboxylic acids is 2. The molecule has 0 saturated heterocycles. The van der Waals surface area contributed by atoms with Gasteiger partial charge in [-0.25, -0.2) is 4.98 Å². The molecule has 0 radical (unpaired) electrons. The van der Waals surface area contributed by atoms with Crippen molar-refractivity contribution in [2.75, 3.05) is 25.2 Å². The zero-order chi connectivity index (χ0) is 19.4. The standard InChI is InChI=1S/C16H24N6O2S2/c1-7-22-13(9(2)3)19-20-16(22)25-8-11(23)18-15-17-10(4)12(26-15)14(24)21(5)6/h9H,7-8H2,1-6H3,(H,17,18,23). The molecule has 2 aromatic rings. The monoisotopic (exact) mass is 396 g/mol. The van der Waals surface area contributed by atoms with Crippen molar-refractivity contribution < 1.29 is 9.59 Å². The smallest absolute Gasteiger partial charge is 0.265 e. The Morgan fingerprint density at radius 1 is 1.31 bits per heavy atom. The van der Waals surface area contributed by atoms with Crippen LogP contribution in [0.5, 0.6) is 0 Å². The van der Waals surface area contributed by atoms with E-state index < -0.39 is 0 Å². The third-order valence-corrected chi connectivity index (χ3v) is 5.58. The van der Waals surface area contributed by atoms with Crippen molar-refractivity contribution in [3.8, 4) is 0 Å². The zero-order valence-electron chi connectivity index (χ0n) is 15.9. The molecule has 2 rings (SSSR count). The summed E-state index contributed by atoms with van der Waals surface area (Å²) in [6.07, 6.45) is 0. The van der Waals surface area contributed by atoms with Crippen LogP contribution in [-0.4, -0.2) is 56.3 Å². The predicted octanol–water partition coefficient (Wildman–Crippen LogP) is 2.62. The maximum Gasteiger partial charge on any atom is 0.265 e. The van der Waals surface area contributed by atoms with Crippen LogP contribution >= 0.6 is 23.1 Å². The molecule has 2 amide bonds. The Hall–Kier alpha value is -1.94. The number of carbonyl (C=O) groups is 2. The Morgan fingerprint density at radius 2 is 2.00 bits per heavy atom. The number of amides is 2. The number of nitrogens with zero attached hydrogens (tertiary/aromatic N) is 5. The van der Waals surface area contributed by atoms with Gasteiger partial charge in [0.05, 0.1) is 11.4 Å². The van der Waals surface area contributed by atoms with Gasteiger partial charge in [-0.3, -0.25) is 9.59 Å². The second-order valence-corrected chi connectivity index (χ2v) is 8.15. The first-order valence-corrected chi connectivity index (χ1v) is 10.1. The SMILES string of the molecule is CCn1c(SCC(=O)Nc2nc(C)c(C(=O)N(C)C)s2)nnc1C(C)C. The average molecular weight is 397 g/mol. The van der Waals surface area contributed by atoms with Crippen molar-refractivity contribution in [3.05, 3.63) is 16.4 Å². The molecule has 0 atom stereocenters. The number of anilines is 1. The zero-order valence-corrected chi connectivity index (χ0v) is 17.5. The summed E-state index contributed by atoms with van der Waals surface area (Å²) in [5, 5.41) is 12.3. The number of nitrogens with one attached hydrogen (secondary N) is 1. The van der Waals surface area contributed by atoms with Crippen molar-refractivity contribution in [1.82, 2.24) is 24.6 Å². The first kappa shape index (κ1) is 20.4. The summed E-state index contributed by atoms with van der Waals surface area (Å²) in [4.78, 5) is 30.6. The van der Waals surface area contributed by atoms with Crippen molar-refractivity contribution in [3.63, 3.8) is 0 Å². The van der Waals surface area contributed by atoms with Gasteiger partial charge in [-0.05, 0) is 13.8 Å². The molecule has 0 aromatic carbocycles. The largest absolute Gasteiger partial charge is 0.344 e. The molecule has 0 saturated carbocycles. The van der Waals surface area contributed by atoms with Gasteiger partial charge in [0, 0.05) is 26.6 Å². The molecule has 0 aliphatic rings. The average Bonchev–Trinajstić information content (AvgIpc) is 3.15. The summed E-state index contributed by atoms with van der Waals surface area (Å²) < 4.78 is 2.02. The van der Waals surface area contributed by atoms with Crippen LogP contribution in [0.4, 0.5) is 5.13 Å². The fourth-order valence-corrected chi connectivity index (χ4v) is 4.08. The first-order chi connectivity index (χ1) is 12.2. The van der Waals surface area contributed by atoms with Crippen LogP contribution in [0.2, 0.25) is 0 Å². The molecule has 0 unspecified atom stereocenters. The van der Waals surface area contributed by atoms with E-state index in [1.807, 2.05) is 11.5 Å². The lowest BCUT2D eigenvalue weighted by atomic mass is 10.2. The Morgan fingerprint density at radius 3 is 2.58 bits per heavy atom. The fourth-order valence-electron chi connectivity index (χ4n) is 2.27. The van der Waals surface area contributed by atoms with Gasteiger partial charge in [-0.15, -0.1) is 10.2 Å². The minimum atomic E-state index is -0.190.